The Labute approximate surface area is 156 Å². The molecule has 0 fully saturated rings. The summed E-state index contributed by atoms with van der Waals surface area (Å²) >= 11 is 0. The van der Waals surface area contributed by atoms with Crippen LogP contribution in [0.25, 0.3) is 0 Å². The molecule has 142 valence electrons. The standard InChI is InChI=1S/C21H31N3O2/c1-4-5-13-26-21-16(9-8-12-20(21)25-3)14-24(2)15-19-17-10-6-7-11-18(17)22-23-19/h8-9,12H,4-7,10-11,13-15H2,1-3H3,(H,22,23). The van der Waals surface area contributed by atoms with Crippen LogP contribution in [0.5, 0.6) is 11.5 Å². The van der Waals surface area contributed by atoms with Gasteiger partial charge in [-0.25, -0.2) is 0 Å². The number of fused-ring (bicyclic) bond motifs is 1. The third-order valence-corrected chi connectivity index (χ3v) is 5.03. The van der Waals surface area contributed by atoms with Crippen molar-refractivity contribution in [3.05, 3.63) is 40.7 Å². The van der Waals surface area contributed by atoms with E-state index in [9.17, 15) is 0 Å². The lowest BCUT2D eigenvalue weighted by atomic mass is 9.96. The van der Waals surface area contributed by atoms with E-state index in [-0.39, 0.29) is 0 Å². The van der Waals surface area contributed by atoms with Crippen LogP contribution in [0.2, 0.25) is 0 Å². The minimum absolute atomic E-state index is 0.723. The van der Waals surface area contributed by atoms with Crippen LogP contribution in [0, 0.1) is 0 Å². The molecule has 2 aromatic rings. The number of nitrogens with zero attached hydrogens (tertiary/aromatic N) is 2. The number of nitrogens with one attached hydrogen (secondary N) is 1. The summed E-state index contributed by atoms with van der Waals surface area (Å²) in [5.74, 6) is 1.68. The Kier molecular flexibility index (Phi) is 6.56. The zero-order valence-electron chi connectivity index (χ0n) is 16.3. The molecule has 1 aliphatic carbocycles. The highest BCUT2D eigenvalue weighted by Crippen LogP contribution is 2.32. The molecule has 0 unspecified atom stereocenters. The van der Waals surface area contributed by atoms with Crippen LogP contribution in [0.3, 0.4) is 0 Å². The van der Waals surface area contributed by atoms with E-state index in [1.54, 1.807) is 7.11 Å². The van der Waals surface area contributed by atoms with Crippen molar-refractivity contribution in [2.75, 3.05) is 20.8 Å². The number of unbranched alkanes of at least 4 members (excludes halogenated alkanes) is 1. The van der Waals surface area contributed by atoms with Crippen molar-refractivity contribution in [2.24, 2.45) is 0 Å². The second kappa shape index (κ2) is 9.08. The molecule has 1 aromatic carbocycles. The Balaban J connectivity index is 1.70. The molecule has 0 saturated carbocycles. The average Bonchev–Trinajstić information content (AvgIpc) is 3.06. The molecule has 0 saturated heterocycles. The third kappa shape index (κ3) is 4.39. The van der Waals surface area contributed by atoms with Gasteiger partial charge >= 0.3 is 0 Å². The van der Waals surface area contributed by atoms with Gasteiger partial charge in [-0.2, -0.15) is 5.10 Å². The van der Waals surface area contributed by atoms with Crippen molar-refractivity contribution in [3.63, 3.8) is 0 Å². The summed E-state index contributed by atoms with van der Waals surface area (Å²) in [5, 5.41) is 7.81. The zero-order valence-corrected chi connectivity index (χ0v) is 16.3. The highest BCUT2D eigenvalue weighted by Gasteiger charge is 2.19. The first-order chi connectivity index (χ1) is 12.7. The number of benzene rings is 1. The van der Waals surface area contributed by atoms with E-state index in [0.717, 1.165) is 62.4 Å². The van der Waals surface area contributed by atoms with E-state index < -0.39 is 0 Å². The number of aryl methyl sites for hydroxylation is 1. The van der Waals surface area contributed by atoms with Crippen molar-refractivity contribution in [1.82, 2.24) is 15.1 Å². The van der Waals surface area contributed by atoms with Crippen LogP contribution in [0.15, 0.2) is 18.2 Å². The van der Waals surface area contributed by atoms with Gasteiger partial charge < -0.3 is 9.47 Å². The lowest BCUT2D eigenvalue weighted by molar-refractivity contribution is 0.269. The van der Waals surface area contributed by atoms with Crippen LogP contribution in [0.1, 0.15) is 55.1 Å². The van der Waals surface area contributed by atoms with Crippen molar-refractivity contribution in [3.8, 4) is 11.5 Å². The number of hydrogen-bond donors (Lipinski definition) is 1. The van der Waals surface area contributed by atoms with Crippen LogP contribution in [0.4, 0.5) is 0 Å². The van der Waals surface area contributed by atoms with E-state index in [2.05, 4.69) is 35.1 Å². The van der Waals surface area contributed by atoms with Crippen molar-refractivity contribution in [1.29, 1.82) is 0 Å². The van der Waals surface area contributed by atoms with Gasteiger partial charge in [-0.1, -0.05) is 25.5 Å². The summed E-state index contributed by atoms with van der Waals surface area (Å²) in [5.41, 5.74) is 5.13. The maximum absolute atomic E-state index is 6.05. The molecule has 26 heavy (non-hydrogen) atoms. The second-order valence-electron chi connectivity index (χ2n) is 7.16. The Bertz CT molecular complexity index is 711. The molecular weight excluding hydrogens is 326 g/mol. The Morgan fingerprint density at radius 3 is 2.85 bits per heavy atom. The Morgan fingerprint density at radius 1 is 1.19 bits per heavy atom. The normalized spacial score (nSPS) is 13.7. The van der Waals surface area contributed by atoms with Gasteiger partial charge in [0.1, 0.15) is 0 Å². The number of aromatic amines is 1. The number of rotatable bonds is 9. The number of ether oxygens (including phenoxy) is 2. The highest BCUT2D eigenvalue weighted by molar-refractivity contribution is 5.46. The minimum Gasteiger partial charge on any atom is -0.493 e. The van der Waals surface area contributed by atoms with Gasteiger partial charge in [-0.15, -0.1) is 0 Å². The molecule has 0 spiro atoms. The summed E-state index contributed by atoms with van der Waals surface area (Å²) in [6, 6.07) is 6.13. The first kappa shape index (κ1) is 18.8. The Morgan fingerprint density at radius 2 is 2.04 bits per heavy atom. The zero-order chi connectivity index (χ0) is 18.4. The predicted octanol–water partition coefficient (Wildman–Crippen LogP) is 4.11. The molecule has 3 rings (SSSR count). The smallest absolute Gasteiger partial charge is 0.165 e. The van der Waals surface area contributed by atoms with Crippen LogP contribution < -0.4 is 9.47 Å². The lowest BCUT2D eigenvalue weighted by Gasteiger charge is -2.21. The predicted molar refractivity (Wildman–Crippen MR) is 104 cm³/mol. The maximum Gasteiger partial charge on any atom is 0.165 e. The first-order valence-corrected chi connectivity index (χ1v) is 9.75. The number of methoxy groups -OCH3 is 1. The Hall–Kier alpha value is -2.01. The number of hydrogen-bond acceptors (Lipinski definition) is 4. The molecule has 1 N–H and O–H groups in total. The monoisotopic (exact) mass is 357 g/mol. The number of H-pyrrole nitrogens is 1. The summed E-state index contributed by atoms with van der Waals surface area (Å²) < 4.78 is 11.6. The van der Waals surface area contributed by atoms with E-state index >= 15 is 0 Å². The molecule has 1 aromatic heterocycles. The quantitative estimate of drug-likeness (QED) is 0.686. The molecule has 5 nitrogen and oxygen atoms in total. The SMILES string of the molecule is CCCCOc1c(CN(C)Cc2n[nH]c3c2CCCC3)cccc1OC. The molecule has 5 heteroatoms. The molecule has 0 bridgehead atoms. The van der Waals surface area contributed by atoms with Crippen molar-refractivity contribution in [2.45, 2.75) is 58.5 Å². The van der Waals surface area contributed by atoms with Gasteiger partial charge in [-0.05, 0) is 50.8 Å². The van der Waals surface area contributed by atoms with Gasteiger partial charge in [0.15, 0.2) is 11.5 Å². The third-order valence-electron chi connectivity index (χ3n) is 5.03. The van der Waals surface area contributed by atoms with Gasteiger partial charge in [-0.3, -0.25) is 10.00 Å². The molecule has 0 aliphatic heterocycles. The van der Waals surface area contributed by atoms with Gasteiger partial charge in [0.25, 0.3) is 0 Å². The van der Waals surface area contributed by atoms with Crippen LogP contribution in [-0.4, -0.2) is 35.9 Å². The van der Waals surface area contributed by atoms with E-state index in [1.807, 2.05) is 12.1 Å². The van der Waals surface area contributed by atoms with E-state index in [0.29, 0.717) is 0 Å². The fraction of sp³-hybridized carbons (Fsp3) is 0.571. The fourth-order valence-electron chi connectivity index (χ4n) is 3.61. The fourth-order valence-corrected chi connectivity index (χ4v) is 3.61. The average molecular weight is 357 g/mol. The maximum atomic E-state index is 6.05. The molecule has 0 radical (unpaired) electrons. The molecule has 0 atom stereocenters. The minimum atomic E-state index is 0.723. The number of para-hydroxylation sites is 1. The summed E-state index contributed by atoms with van der Waals surface area (Å²) in [6.45, 7) is 4.54. The lowest BCUT2D eigenvalue weighted by Crippen LogP contribution is -2.19. The van der Waals surface area contributed by atoms with Gasteiger partial charge in [0, 0.05) is 24.3 Å². The second-order valence-corrected chi connectivity index (χ2v) is 7.16. The number of aromatic nitrogens is 2. The van der Waals surface area contributed by atoms with E-state index in [4.69, 9.17) is 9.47 Å². The molecule has 1 aliphatic rings. The molecule has 1 heterocycles. The van der Waals surface area contributed by atoms with Crippen LogP contribution in [-0.2, 0) is 25.9 Å². The molecule has 0 amide bonds. The van der Waals surface area contributed by atoms with Crippen molar-refractivity contribution >= 4 is 0 Å². The highest BCUT2D eigenvalue weighted by atomic mass is 16.5. The van der Waals surface area contributed by atoms with E-state index in [1.165, 1.54) is 29.8 Å². The van der Waals surface area contributed by atoms with Crippen molar-refractivity contribution < 1.29 is 9.47 Å². The first-order valence-electron chi connectivity index (χ1n) is 9.75. The van der Waals surface area contributed by atoms with Gasteiger partial charge in [0.05, 0.1) is 19.4 Å². The topological polar surface area (TPSA) is 50.4 Å². The molecular formula is C21H31N3O2. The van der Waals surface area contributed by atoms with Crippen LogP contribution >= 0.6 is 0 Å². The largest absolute Gasteiger partial charge is 0.493 e. The summed E-state index contributed by atoms with van der Waals surface area (Å²) in [6.07, 6.45) is 7.00. The van der Waals surface area contributed by atoms with Gasteiger partial charge in [0.2, 0.25) is 0 Å². The summed E-state index contributed by atoms with van der Waals surface area (Å²) in [4.78, 5) is 2.30. The summed E-state index contributed by atoms with van der Waals surface area (Å²) in [7, 11) is 3.84.